The molecule has 3 aromatic rings. The van der Waals surface area contributed by atoms with Crippen LogP contribution in [-0.2, 0) is 4.79 Å². The fourth-order valence-corrected chi connectivity index (χ4v) is 5.66. The molecule has 0 unspecified atom stereocenters. The molecule has 174 valence electrons. The Morgan fingerprint density at radius 1 is 1.12 bits per heavy atom. The zero-order chi connectivity index (χ0) is 23.5. The predicted octanol–water partition coefficient (Wildman–Crippen LogP) is 4.36. The van der Waals surface area contributed by atoms with Crippen molar-refractivity contribution >= 4 is 56.0 Å². The molecule has 1 aromatic carbocycles. The van der Waals surface area contributed by atoms with Gasteiger partial charge in [0.1, 0.15) is 4.70 Å². The number of nitrogens with zero attached hydrogens (tertiary/aromatic N) is 4. The van der Waals surface area contributed by atoms with E-state index in [9.17, 15) is 14.4 Å². The summed E-state index contributed by atoms with van der Waals surface area (Å²) in [6.07, 6.45) is 3.49. The van der Waals surface area contributed by atoms with Crippen LogP contribution in [0.25, 0.3) is 10.3 Å². The van der Waals surface area contributed by atoms with Gasteiger partial charge in [-0.1, -0.05) is 23.1 Å². The van der Waals surface area contributed by atoms with Crippen molar-refractivity contribution in [1.29, 1.82) is 0 Å². The van der Waals surface area contributed by atoms with Crippen LogP contribution in [0.5, 0.6) is 0 Å². The molecule has 3 heterocycles. The number of anilines is 2. The van der Waals surface area contributed by atoms with E-state index < -0.39 is 0 Å². The molecule has 1 fully saturated rings. The van der Waals surface area contributed by atoms with Crippen LogP contribution in [0.15, 0.2) is 34.2 Å². The highest BCUT2D eigenvalue weighted by atomic mass is 32.2. The fourth-order valence-electron chi connectivity index (χ4n) is 3.75. The molecule has 8 nitrogen and oxygen atoms in total. The highest BCUT2D eigenvalue weighted by Crippen LogP contribution is 2.30. The van der Waals surface area contributed by atoms with Crippen molar-refractivity contribution < 1.29 is 9.59 Å². The van der Waals surface area contributed by atoms with Gasteiger partial charge in [-0.25, -0.2) is 4.98 Å². The number of hydrogen-bond acceptors (Lipinski definition) is 8. The maximum atomic E-state index is 13.2. The number of carbonyl (C=O) groups excluding carboxylic acids is 2. The van der Waals surface area contributed by atoms with Gasteiger partial charge in [-0.2, -0.15) is 4.98 Å². The standard InChI is InChI=1S/C23H27N5O3S2/c1-14(2)28-21(31)19-20(25-22(33-19)27-11-5-4-6-12-27)26-23(28)32-13-18(30)24-17-9-7-16(8-10-17)15(3)29/h7-10,14H,4-6,11-13H2,1-3H3,(H,24,30). The molecule has 0 radical (unpaired) electrons. The van der Waals surface area contributed by atoms with Crippen LogP contribution >= 0.6 is 23.1 Å². The third kappa shape index (κ3) is 5.27. The van der Waals surface area contributed by atoms with Crippen molar-refractivity contribution in [2.45, 2.75) is 51.2 Å². The normalized spacial score (nSPS) is 14.1. The largest absolute Gasteiger partial charge is 0.348 e. The van der Waals surface area contributed by atoms with Gasteiger partial charge in [-0.05, 0) is 64.3 Å². The number of ketones is 1. The summed E-state index contributed by atoms with van der Waals surface area (Å²) < 4.78 is 2.20. The Balaban J connectivity index is 1.53. The zero-order valence-electron chi connectivity index (χ0n) is 19.0. The molecule has 0 atom stereocenters. The predicted molar refractivity (Wildman–Crippen MR) is 134 cm³/mol. The van der Waals surface area contributed by atoms with Crippen molar-refractivity contribution in [2.75, 3.05) is 29.1 Å². The molecule has 2 aromatic heterocycles. The third-order valence-corrected chi connectivity index (χ3v) is 7.52. The Morgan fingerprint density at radius 2 is 1.82 bits per heavy atom. The number of carbonyl (C=O) groups is 2. The van der Waals surface area contributed by atoms with Crippen LogP contribution in [0, 0.1) is 0 Å². The van der Waals surface area contributed by atoms with Gasteiger partial charge in [-0.15, -0.1) is 0 Å². The maximum Gasteiger partial charge on any atom is 0.274 e. The molecular formula is C23H27N5O3S2. The summed E-state index contributed by atoms with van der Waals surface area (Å²) in [5.41, 5.74) is 1.54. The highest BCUT2D eigenvalue weighted by Gasteiger charge is 2.21. The summed E-state index contributed by atoms with van der Waals surface area (Å²) in [4.78, 5) is 48.7. The molecule has 0 spiro atoms. The van der Waals surface area contributed by atoms with Gasteiger partial charge in [0.05, 0.1) is 5.75 Å². The van der Waals surface area contributed by atoms with E-state index in [0.717, 1.165) is 31.1 Å². The third-order valence-electron chi connectivity index (χ3n) is 5.47. The van der Waals surface area contributed by atoms with E-state index in [1.807, 2.05) is 13.8 Å². The second-order valence-corrected chi connectivity index (χ2v) is 10.3. The lowest BCUT2D eigenvalue weighted by Crippen LogP contribution is -2.29. The monoisotopic (exact) mass is 485 g/mol. The Kier molecular flexibility index (Phi) is 7.14. The number of aromatic nitrogens is 3. The molecule has 0 aliphatic carbocycles. The first-order chi connectivity index (χ1) is 15.8. The summed E-state index contributed by atoms with van der Waals surface area (Å²) in [5.74, 6) is -0.142. The van der Waals surface area contributed by atoms with Crippen LogP contribution < -0.4 is 15.8 Å². The van der Waals surface area contributed by atoms with Crippen molar-refractivity contribution in [1.82, 2.24) is 14.5 Å². The highest BCUT2D eigenvalue weighted by molar-refractivity contribution is 7.99. The number of benzene rings is 1. The quantitative estimate of drug-likeness (QED) is 0.302. The van der Waals surface area contributed by atoms with Gasteiger partial charge in [0, 0.05) is 30.4 Å². The van der Waals surface area contributed by atoms with Crippen LogP contribution in [0.4, 0.5) is 10.8 Å². The van der Waals surface area contributed by atoms with Crippen molar-refractivity contribution in [3.05, 3.63) is 40.2 Å². The summed E-state index contributed by atoms with van der Waals surface area (Å²) in [5, 5.41) is 4.15. The molecular weight excluding hydrogens is 458 g/mol. The molecule has 1 aliphatic rings. The Morgan fingerprint density at radius 3 is 2.45 bits per heavy atom. The Labute approximate surface area is 200 Å². The second kappa shape index (κ2) is 10.0. The van der Waals surface area contributed by atoms with E-state index in [0.29, 0.717) is 26.8 Å². The molecule has 1 aliphatic heterocycles. The van der Waals surface area contributed by atoms with Crippen LogP contribution in [0.3, 0.4) is 0 Å². The van der Waals surface area contributed by atoms with E-state index in [4.69, 9.17) is 0 Å². The topological polar surface area (TPSA) is 97.2 Å². The Hall–Kier alpha value is -2.72. The lowest BCUT2D eigenvalue weighted by molar-refractivity contribution is -0.113. The van der Waals surface area contributed by atoms with Crippen molar-refractivity contribution in [3.8, 4) is 0 Å². The lowest BCUT2D eigenvalue weighted by atomic mass is 10.1. The van der Waals surface area contributed by atoms with Crippen molar-refractivity contribution in [2.24, 2.45) is 0 Å². The molecule has 4 rings (SSSR count). The molecule has 10 heteroatoms. The molecule has 0 bridgehead atoms. The first-order valence-electron chi connectivity index (χ1n) is 11.0. The summed E-state index contributed by atoms with van der Waals surface area (Å²) in [6.45, 7) is 7.27. The van der Waals surface area contributed by atoms with Gasteiger partial charge < -0.3 is 10.2 Å². The number of piperidine rings is 1. The van der Waals surface area contributed by atoms with E-state index in [1.54, 1.807) is 28.8 Å². The molecule has 1 amide bonds. The van der Waals surface area contributed by atoms with Gasteiger partial charge >= 0.3 is 0 Å². The number of hydrogen-bond donors (Lipinski definition) is 1. The van der Waals surface area contributed by atoms with E-state index in [2.05, 4.69) is 20.2 Å². The van der Waals surface area contributed by atoms with E-state index in [1.165, 1.54) is 36.4 Å². The van der Waals surface area contributed by atoms with Crippen molar-refractivity contribution in [3.63, 3.8) is 0 Å². The summed E-state index contributed by atoms with van der Waals surface area (Å²) >= 11 is 2.63. The average molecular weight is 486 g/mol. The summed E-state index contributed by atoms with van der Waals surface area (Å²) in [7, 11) is 0. The number of thiazole rings is 1. The van der Waals surface area contributed by atoms with Gasteiger partial charge in [0.2, 0.25) is 5.91 Å². The van der Waals surface area contributed by atoms with Crippen LogP contribution in [0.1, 0.15) is 56.4 Å². The number of thioether (sulfide) groups is 1. The van der Waals surface area contributed by atoms with E-state index >= 15 is 0 Å². The number of Topliss-reactive ketones (excluding diaryl/α,β-unsaturated/α-hetero) is 1. The van der Waals surface area contributed by atoms with Gasteiger partial charge in [-0.3, -0.25) is 19.0 Å². The number of fused-ring (bicyclic) bond motifs is 1. The number of amides is 1. The molecule has 33 heavy (non-hydrogen) atoms. The number of nitrogens with one attached hydrogen (secondary N) is 1. The fraction of sp³-hybridized carbons (Fsp3) is 0.435. The SMILES string of the molecule is CC(=O)c1ccc(NC(=O)CSc2nc3nc(N4CCCCC4)sc3c(=O)n2C(C)C)cc1. The van der Waals surface area contributed by atoms with Crippen LogP contribution in [-0.4, -0.2) is 45.1 Å². The smallest absolute Gasteiger partial charge is 0.274 e. The molecule has 1 N–H and O–H groups in total. The van der Waals surface area contributed by atoms with Crippen LogP contribution in [0.2, 0.25) is 0 Å². The van der Waals surface area contributed by atoms with E-state index in [-0.39, 0.29) is 29.0 Å². The molecule has 1 saturated heterocycles. The lowest BCUT2D eigenvalue weighted by Gasteiger charge is -2.25. The zero-order valence-corrected chi connectivity index (χ0v) is 20.6. The Bertz CT molecular complexity index is 1230. The minimum Gasteiger partial charge on any atom is -0.348 e. The van der Waals surface area contributed by atoms with Gasteiger partial charge in [0.15, 0.2) is 21.7 Å². The minimum absolute atomic E-state index is 0.0259. The molecule has 0 saturated carbocycles. The second-order valence-electron chi connectivity index (χ2n) is 8.33. The summed E-state index contributed by atoms with van der Waals surface area (Å²) in [6, 6.07) is 6.66. The minimum atomic E-state index is -0.215. The average Bonchev–Trinajstić information content (AvgIpc) is 3.23. The number of rotatable bonds is 7. The first-order valence-corrected chi connectivity index (χ1v) is 12.9. The van der Waals surface area contributed by atoms with Gasteiger partial charge in [0.25, 0.3) is 5.56 Å². The maximum absolute atomic E-state index is 13.2. The first kappa shape index (κ1) is 23.4.